The van der Waals surface area contributed by atoms with Gasteiger partial charge in [-0.25, -0.2) is 14.8 Å². The lowest BCUT2D eigenvalue weighted by atomic mass is 9.97. The van der Waals surface area contributed by atoms with Crippen LogP contribution in [0.4, 0.5) is 0 Å². The highest BCUT2D eigenvalue weighted by Crippen LogP contribution is 2.39. The summed E-state index contributed by atoms with van der Waals surface area (Å²) in [6.45, 7) is 0. The zero-order chi connectivity index (χ0) is 16.7. The number of aromatic nitrogens is 2. The molecule has 0 atom stereocenters. The Labute approximate surface area is 148 Å². The van der Waals surface area contributed by atoms with E-state index in [1.165, 1.54) is 30.4 Å². The highest BCUT2D eigenvalue weighted by Gasteiger charge is 2.20. The van der Waals surface area contributed by atoms with Gasteiger partial charge in [-0.05, 0) is 43.4 Å². The normalized spacial score (nSPS) is 13.8. The molecule has 0 radical (unpaired) electrons. The van der Waals surface area contributed by atoms with Gasteiger partial charge in [0.25, 0.3) is 0 Å². The Kier molecular flexibility index (Phi) is 3.98. The summed E-state index contributed by atoms with van der Waals surface area (Å²) in [7, 11) is 1.37. The molecular weight excluding hydrogens is 344 g/mol. The van der Waals surface area contributed by atoms with Crippen molar-refractivity contribution in [2.45, 2.75) is 25.7 Å². The van der Waals surface area contributed by atoms with E-state index in [1.54, 1.807) is 23.5 Å². The van der Waals surface area contributed by atoms with E-state index in [0.717, 1.165) is 28.6 Å². The highest BCUT2D eigenvalue weighted by atomic mass is 35.5. The summed E-state index contributed by atoms with van der Waals surface area (Å²) in [5.41, 5.74) is 2.66. The van der Waals surface area contributed by atoms with Crippen LogP contribution in [0.2, 0.25) is 5.15 Å². The predicted molar refractivity (Wildman–Crippen MR) is 95.8 cm³/mol. The van der Waals surface area contributed by atoms with E-state index in [4.69, 9.17) is 21.3 Å². The van der Waals surface area contributed by atoms with Gasteiger partial charge in [-0.3, -0.25) is 0 Å². The van der Waals surface area contributed by atoms with Crippen molar-refractivity contribution in [1.29, 1.82) is 0 Å². The van der Waals surface area contributed by atoms with Crippen LogP contribution in [0.15, 0.2) is 24.3 Å². The molecule has 0 fully saturated rings. The number of benzene rings is 1. The Morgan fingerprint density at radius 2 is 1.92 bits per heavy atom. The summed E-state index contributed by atoms with van der Waals surface area (Å²) in [6, 6.07) is 7.05. The van der Waals surface area contributed by atoms with E-state index in [-0.39, 0.29) is 5.97 Å². The number of rotatable bonds is 2. The average molecular weight is 359 g/mol. The van der Waals surface area contributed by atoms with Gasteiger partial charge in [0.2, 0.25) is 0 Å². The highest BCUT2D eigenvalue weighted by molar-refractivity contribution is 7.19. The van der Waals surface area contributed by atoms with Crippen LogP contribution < -0.4 is 0 Å². The molecule has 0 bridgehead atoms. The van der Waals surface area contributed by atoms with Crippen LogP contribution in [-0.2, 0) is 17.6 Å². The number of esters is 1. The van der Waals surface area contributed by atoms with Crippen LogP contribution in [0.3, 0.4) is 0 Å². The first-order valence-corrected chi connectivity index (χ1v) is 9.03. The Morgan fingerprint density at radius 3 is 2.67 bits per heavy atom. The van der Waals surface area contributed by atoms with E-state index in [0.29, 0.717) is 16.5 Å². The van der Waals surface area contributed by atoms with Crippen LogP contribution in [0.25, 0.3) is 21.6 Å². The number of hydrogen-bond acceptors (Lipinski definition) is 5. The standard InChI is InChI=1S/C18H15ClN2O2S/c1-23-18(22)11-8-6-10(7-9-11)16-20-15(19)14-12-4-2-3-5-13(12)24-17(14)21-16/h6-9H,2-5H2,1H3. The number of methoxy groups -OCH3 is 1. The van der Waals surface area contributed by atoms with Crippen molar-refractivity contribution in [2.75, 3.05) is 7.11 Å². The maximum absolute atomic E-state index is 11.5. The lowest BCUT2D eigenvalue weighted by Gasteiger charge is -2.10. The number of fused-ring (bicyclic) bond motifs is 3. The molecule has 0 amide bonds. The molecule has 4 nitrogen and oxygen atoms in total. The van der Waals surface area contributed by atoms with Gasteiger partial charge in [0.15, 0.2) is 5.82 Å². The number of thiophene rings is 1. The third-order valence-electron chi connectivity index (χ3n) is 4.33. The second-order valence-corrected chi connectivity index (χ2v) is 7.24. The van der Waals surface area contributed by atoms with Gasteiger partial charge in [-0.15, -0.1) is 11.3 Å². The summed E-state index contributed by atoms with van der Waals surface area (Å²) in [6.07, 6.45) is 4.60. The van der Waals surface area contributed by atoms with E-state index in [1.807, 2.05) is 12.1 Å². The molecule has 3 aromatic rings. The molecular formula is C18H15ClN2O2S. The minimum absolute atomic E-state index is 0.359. The predicted octanol–water partition coefficient (Wildman–Crippen LogP) is 4.68. The zero-order valence-corrected chi connectivity index (χ0v) is 14.7. The zero-order valence-electron chi connectivity index (χ0n) is 13.1. The number of nitrogens with zero attached hydrogens (tertiary/aromatic N) is 2. The van der Waals surface area contributed by atoms with Crippen molar-refractivity contribution >= 4 is 39.1 Å². The van der Waals surface area contributed by atoms with Gasteiger partial charge in [-0.2, -0.15) is 0 Å². The summed E-state index contributed by atoms with van der Waals surface area (Å²) >= 11 is 8.20. The summed E-state index contributed by atoms with van der Waals surface area (Å²) < 4.78 is 4.72. The van der Waals surface area contributed by atoms with Crippen molar-refractivity contribution in [2.24, 2.45) is 0 Å². The van der Waals surface area contributed by atoms with E-state index < -0.39 is 0 Å². The Bertz CT molecular complexity index is 934. The first kappa shape index (κ1) is 15.5. The number of halogens is 1. The maximum Gasteiger partial charge on any atom is 0.337 e. The minimum atomic E-state index is -0.359. The lowest BCUT2D eigenvalue weighted by molar-refractivity contribution is 0.0601. The van der Waals surface area contributed by atoms with Gasteiger partial charge >= 0.3 is 5.97 Å². The minimum Gasteiger partial charge on any atom is -0.465 e. The summed E-state index contributed by atoms with van der Waals surface area (Å²) in [4.78, 5) is 23.1. The molecule has 0 unspecified atom stereocenters. The second kappa shape index (κ2) is 6.15. The fourth-order valence-corrected chi connectivity index (χ4v) is 4.72. The molecule has 2 aromatic heterocycles. The second-order valence-electron chi connectivity index (χ2n) is 5.80. The molecule has 2 heterocycles. The SMILES string of the molecule is COC(=O)c1ccc(-c2nc(Cl)c3c4c(sc3n2)CCCC4)cc1. The monoisotopic (exact) mass is 358 g/mol. The number of hydrogen-bond donors (Lipinski definition) is 0. The van der Waals surface area contributed by atoms with Crippen LogP contribution in [0.1, 0.15) is 33.6 Å². The third kappa shape index (κ3) is 2.58. The van der Waals surface area contributed by atoms with Crippen LogP contribution in [0, 0.1) is 0 Å². The van der Waals surface area contributed by atoms with Crippen molar-refractivity contribution in [3.05, 3.63) is 45.4 Å². The topological polar surface area (TPSA) is 52.1 Å². The molecule has 0 saturated heterocycles. The molecule has 1 aliphatic carbocycles. The molecule has 1 aromatic carbocycles. The Morgan fingerprint density at radius 1 is 1.17 bits per heavy atom. The molecule has 6 heteroatoms. The van der Waals surface area contributed by atoms with Gasteiger partial charge in [0, 0.05) is 10.4 Å². The molecule has 4 rings (SSSR count). The number of aryl methyl sites for hydroxylation is 2. The number of ether oxygens (including phenoxy) is 1. The van der Waals surface area contributed by atoms with Gasteiger partial charge in [0.05, 0.1) is 18.1 Å². The molecule has 1 aliphatic rings. The number of carbonyl (C=O) groups excluding carboxylic acids is 1. The largest absolute Gasteiger partial charge is 0.465 e. The number of carbonyl (C=O) groups is 1. The fourth-order valence-electron chi connectivity index (χ4n) is 3.12. The smallest absolute Gasteiger partial charge is 0.337 e. The first-order valence-electron chi connectivity index (χ1n) is 7.84. The van der Waals surface area contributed by atoms with E-state index >= 15 is 0 Å². The van der Waals surface area contributed by atoms with Crippen molar-refractivity contribution in [3.8, 4) is 11.4 Å². The molecule has 0 N–H and O–H groups in total. The van der Waals surface area contributed by atoms with Crippen LogP contribution in [0.5, 0.6) is 0 Å². The molecule has 0 saturated carbocycles. The van der Waals surface area contributed by atoms with Crippen LogP contribution >= 0.6 is 22.9 Å². The Balaban J connectivity index is 1.79. The third-order valence-corrected chi connectivity index (χ3v) is 5.79. The quantitative estimate of drug-likeness (QED) is 0.493. The molecule has 0 aliphatic heterocycles. The molecule has 24 heavy (non-hydrogen) atoms. The lowest BCUT2D eigenvalue weighted by Crippen LogP contribution is -2.01. The maximum atomic E-state index is 11.5. The van der Waals surface area contributed by atoms with Crippen molar-refractivity contribution in [3.63, 3.8) is 0 Å². The van der Waals surface area contributed by atoms with Crippen molar-refractivity contribution < 1.29 is 9.53 Å². The van der Waals surface area contributed by atoms with Gasteiger partial charge in [-0.1, -0.05) is 23.7 Å². The fraction of sp³-hybridized carbons (Fsp3) is 0.278. The molecule has 0 spiro atoms. The van der Waals surface area contributed by atoms with Crippen LogP contribution in [-0.4, -0.2) is 23.0 Å². The van der Waals surface area contributed by atoms with Gasteiger partial charge < -0.3 is 4.74 Å². The average Bonchev–Trinajstić information content (AvgIpc) is 3.00. The Hall–Kier alpha value is -1.98. The van der Waals surface area contributed by atoms with Crippen molar-refractivity contribution in [1.82, 2.24) is 9.97 Å². The summed E-state index contributed by atoms with van der Waals surface area (Å²) in [5, 5.41) is 1.54. The van der Waals surface area contributed by atoms with Gasteiger partial charge in [0.1, 0.15) is 9.98 Å². The first-order chi connectivity index (χ1) is 11.7. The molecule has 122 valence electrons. The summed E-state index contributed by atoms with van der Waals surface area (Å²) in [5.74, 6) is 0.226. The van der Waals surface area contributed by atoms with E-state index in [9.17, 15) is 4.79 Å². The van der Waals surface area contributed by atoms with E-state index in [2.05, 4.69) is 4.98 Å².